The van der Waals surface area contributed by atoms with E-state index in [-0.39, 0.29) is 41.8 Å². The Morgan fingerprint density at radius 2 is 1.77 bits per heavy atom. The molecule has 3 N–H and O–H groups in total. The molecule has 2 aliphatic heterocycles. The van der Waals surface area contributed by atoms with E-state index < -0.39 is 0 Å². The number of anilines is 1. The highest BCUT2D eigenvalue weighted by Crippen LogP contribution is 2.51. The minimum atomic E-state index is -0.195. The topological polar surface area (TPSA) is 90.1 Å². The van der Waals surface area contributed by atoms with Crippen molar-refractivity contribution in [3.05, 3.63) is 83.9 Å². The summed E-state index contributed by atoms with van der Waals surface area (Å²) in [7, 11) is 0. The first-order valence-corrected chi connectivity index (χ1v) is 12.7. The molecule has 1 aliphatic carbocycles. The zero-order valence-corrected chi connectivity index (χ0v) is 19.7. The van der Waals surface area contributed by atoms with Gasteiger partial charge in [-0.05, 0) is 43.0 Å². The van der Waals surface area contributed by atoms with Crippen molar-refractivity contribution < 1.29 is 9.59 Å². The lowest BCUT2D eigenvalue weighted by atomic mass is 9.80. The number of para-hydroxylation sites is 1. The van der Waals surface area contributed by atoms with Gasteiger partial charge in [-0.1, -0.05) is 49.2 Å². The maximum Gasteiger partial charge on any atom is 0.251 e. The van der Waals surface area contributed by atoms with Crippen LogP contribution in [0.2, 0.25) is 0 Å². The number of nitrogens with one attached hydrogen (secondary N) is 3. The molecule has 3 aliphatic rings. The number of carbonyl (C=O) groups is 2. The maximum atomic E-state index is 14.1. The second-order valence-corrected chi connectivity index (χ2v) is 9.95. The molecular formula is C28H31N5O2. The molecule has 180 valence electrons. The van der Waals surface area contributed by atoms with Crippen LogP contribution in [-0.4, -0.2) is 39.3 Å². The molecular weight excluding hydrogens is 438 g/mol. The first-order valence-electron chi connectivity index (χ1n) is 12.7. The minimum absolute atomic E-state index is 0.00227. The summed E-state index contributed by atoms with van der Waals surface area (Å²) in [6.45, 7) is 0.719. The lowest BCUT2D eigenvalue weighted by Crippen LogP contribution is -2.50. The molecule has 1 aromatic heterocycles. The summed E-state index contributed by atoms with van der Waals surface area (Å²) in [6, 6.07) is 17.5. The number of carbonyl (C=O) groups excluding carboxylic acids is 2. The highest BCUT2D eigenvalue weighted by molar-refractivity contribution is 5.94. The van der Waals surface area contributed by atoms with Crippen LogP contribution >= 0.6 is 0 Å². The van der Waals surface area contributed by atoms with Crippen molar-refractivity contribution in [2.24, 2.45) is 11.8 Å². The fraction of sp³-hybridized carbons (Fsp3) is 0.393. The molecule has 0 spiro atoms. The third-order valence-electron chi connectivity index (χ3n) is 8.00. The van der Waals surface area contributed by atoms with Gasteiger partial charge in [0.15, 0.2) is 0 Å². The van der Waals surface area contributed by atoms with Gasteiger partial charge in [-0.25, -0.2) is 4.98 Å². The van der Waals surface area contributed by atoms with Gasteiger partial charge in [0, 0.05) is 42.1 Å². The van der Waals surface area contributed by atoms with Crippen LogP contribution in [0.5, 0.6) is 0 Å². The molecule has 7 nitrogen and oxygen atoms in total. The van der Waals surface area contributed by atoms with E-state index in [0.717, 1.165) is 50.2 Å². The molecule has 3 heterocycles. The molecule has 6 rings (SSSR count). The Morgan fingerprint density at radius 1 is 0.971 bits per heavy atom. The van der Waals surface area contributed by atoms with E-state index in [1.54, 1.807) is 6.20 Å². The molecule has 2 aromatic carbocycles. The van der Waals surface area contributed by atoms with Crippen LogP contribution in [0.1, 0.15) is 65.9 Å². The molecule has 2 amide bonds. The quantitative estimate of drug-likeness (QED) is 0.526. The van der Waals surface area contributed by atoms with Crippen LogP contribution in [-0.2, 0) is 4.79 Å². The molecule has 2 fully saturated rings. The zero-order valence-electron chi connectivity index (χ0n) is 19.7. The third kappa shape index (κ3) is 3.99. The van der Waals surface area contributed by atoms with E-state index in [4.69, 9.17) is 0 Å². The molecule has 0 bridgehead atoms. The summed E-state index contributed by atoms with van der Waals surface area (Å²) in [5.74, 6) is 1.03. The summed E-state index contributed by atoms with van der Waals surface area (Å²) in [4.78, 5) is 36.9. The number of likely N-dealkylation sites (tertiary alicyclic amines) is 1. The fourth-order valence-corrected chi connectivity index (χ4v) is 6.34. The van der Waals surface area contributed by atoms with Crippen LogP contribution in [0.4, 0.5) is 5.69 Å². The highest BCUT2D eigenvalue weighted by Gasteiger charge is 2.49. The Hall–Kier alpha value is -3.61. The largest absolute Gasteiger partial charge is 0.375 e. The number of hydrogen-bond acceptors (Lipinski definition) is 4. The van der Waals surface area contributed by atoms with Crippen LogP contribution in [0.25, 0.3) is 0 Å². The number of aromatic amines is 1. The monoisotopic (exact) mass is 469 g/mol. The molecule has 7 heteroatoms. The Morgan fingerprint density at radius 3 is 2.60 bits per heavy atom. The first-order chi connectivity index (χ1) is 17.2. The normalized spacial score (nSPS) is 27.4. The predicted molar refractivity (Wildman–Crippen MR) is 134 cm³/mol. The average Bonchev–Trinajstić information content (AvgIpc) is 3.60. The lowest BCUT2D eigenvalue weighted by molar-refractivity contribution is -0.138. The third-order valence-corrected chi connectivity index (χ3v) is 8.00. The van der Waals surface area contributed by atoms with Gasteiger partial charge in [-0.3, -0.25) is 9.59 Å². The standard InChI is InChI=1S/C28H31N5O2/c34-27(18-8-2-1-3-9-18)32-23-13-7-5-11-20(23)28(35)33-17-14-21-24(26-29-15-16-30-26)31-22-12-6-4-10-19(22)25(21)33/h1-4,6,8-10,12,15-16,20-21,23-25,31H,5,7,11,13-14,17H2,(H,29,30)(H,32,34)/t20-,21+,23+,24-,25+/m0/s1. The van der Waals surface area contributed by atoms with Gasteiger partial charge in [0.25, 0.3) is 5.91 Å². The molecule has 5 atom stereocenters. The maximum absolute atomic E-state index is 14.1. The number of rotatable bonds is 4. The van der Waals surface area contributed by atoms with Crippen molar-refractivity contribution in [1.82, 2.24) is 20.2 Å². The number of benzene rings is 2. The summed E-state index contributed by atoms with van der Waals surface area (Å²) < 4.78 is 0. The Labute approximate surface area is 205 Å². The first kappa shape index (κ1) is 21.9. The van der Waals surface area contributed by atoms with Crippen LogP contribution < -0.4 is 10.6 Å². The second-order valence-electron chi connectivity index (χ2n) is 9.95. The Kier molecular flexibility index (Phi) is 5.76. The van der Waals surface area contributed by atoms with E-state index >= 15 is 0 Å². The van der Waals surface area contributed by atoms with Crippen molar-refractivity contribution in [3.63, 3.8) is 0 Å². The highest BCUT2D eigenvalue weighted by atomic mass is 16.2. The number of nitrogens with zero attached hydrogens (tertiary/aromatic N) is 2. The predicted octanol–water partition coefficient (Wildman–Crippen LogP) is 4.45. The van der Waals surface area contributed by atoms with Crippen molar-refractivity contribution >= 4 is 17.5 Å². The van der Waals surface area contributed by atoms with E-state index in [2.05, 4.69) is 43.7 Å². The number of amides is 2. The van der Waals surface area contributed by atoms with Gasteiger partial charge in [0.05, 0.1) is 18.0 Å². The molecule has 35 heavy (non-hydrogen) atoms. The summed E-state index contributed by atoms with van der Waals surface area (Å²) in [6.07, 6.45) is 8.25. The minimum Gasteiger partial charge on any atom is -0.375 e. The van der Waals surface area contributed by atoms with E-state index in [9.17, 15) is 9.59 Å². The number of imidazole rings is 1. The van der Waals surface area contributed by atoms with Crippen molar-refractivity contribution in [2.75, 3.05) is 11.9 Å². The lowest BCUT2D eigenvalue weighted by Gasteiger charge is -2.41. The van der Waals surface area contributed by atoms with E-state index in [1.807, 2.05) is 42.6 Å². The van der Waals surface area contributed by atoms with Gasteiger partial charge in [0.1, 0.15) is 5.82 Å². The van der Waals surface area contributed by atoms with Crippen LogP contribution in [0.15, 0.2) is 67.0 Å². The van der Waals surface area contributed by atoms with Gasteiger partial charge in [0.2, 0.25) is 5.91 Å². The number of hydrogen-bond donors (Lipinski definition) is 3. The fourth-order valence-electron chi connectivity index (χ4n) is 6.34. The number of H-pyrrole nitrogens is 1. The van der Waals surface area contributed by atoms with Crippen molar-refractivity contribution in [1.29, 1.82) is 0 Å². The van der Waals surface area contributed by atoms with Crippen LogP contribution in [0, 0.1) is 11.8 Å². The number of aromatic nitrogens is 2. The van der Waals surface area contributed by atoms with E-state index in [0.29, 0.717) is 5.56 Å². The summed E-state index contributed by atoms with van der Waals surface area (Å²) in [5.41, 5.74) is 2.87. The van der Waals surface area contributed by atoms with Gasteiger partial charge < -0.3 is 20.5 Å². The van der Waals surface area contributed by atoms with Crippen LogP contribution in [0.3, 0.4) is 0 Å². The smallest absolute Gasteiger partial charge is 0.251 e. The molecule has 0 radical (unpaired) electrons. The summed E-state index contributed by atoms with van der Waals surface area (Å²) in [5, 5.41) is 6.87. The second kappa shape index (κ2) is 9.21. The van der Waals surface area contributed by atoms with Crippen molar-refractivity contribution in [3.8, 4) is 0 Å². The molecule has 1 saturated carbocycles. The molecule has 1 saturated heterocycles. The van der Waals surface area contributed by atoms with Gasteiger partial charge in [-0.15, -0.1) is 0 Å². The molecule has 3 aromatic rings. The Balaban J connectivity index is 1.27. The molecule has 0 unspecified atom stereocenters. The van der Waals surface area contributed by atoms with E-state index in [1.165, 1.54) is 5.56 Å². The SMILES string of the molecule is O=C(N[C@@H]1CCCC[C@@H]1C(=O)N1CC[C@@H]2[C@@H](c3ncc[nH]3)Nc3ccccc3[C@H]21)c1ccccc1. The Bertz CT molecular complexity index is 1200. The zero-order chi connectivity index (χ0) is 23.8. The van der Waals surface area contributed by atoms with Crippen molar-refractivity contribution in [2.45, 2.75) is 50.2 Å². The van der Waals surface area contributed by atoms with Gasteiger partial charge >= 0.3 is 0 Å². The summed E-state index contributed by atoms with van der Waals surface area (Å²) >= 11 is 0. The number of fused-ring (bicyclic) bond motifs is 3. The average molecular weight is 470 g/mol. The van der Waals surface area contributed by atoms with Gasteiger partial charge in [-0.2, -0.15) is 0 Å².